The Labute approximate surface area is 140 Å². The molecule has 0 saturated carbocycles. The van der Waals surface area contributed by atoms with Crippen molar-refractivity contribution in [2.24, 2.45) is 5.10 Å². The molecule has 0 atom stereocenters. The number of methoxy groups -OCH3 is 1. The quantitative estimate of drug-likeness (QED) is 0.585. The number of nitrogens with zero attached hydrogens (tertiary/aromatic N) is 1. The van der Waals surface area contributed by atoms with E-state index < -0.39 is 0 Å². The summed E-state index contributed by atoms with van der Waals surface area (Å²) >= 11 is 0. The fourth-order valence-corrected chi connectivity index (χ4v) is 2.52. The summed E-state index contributed by atoms with van der Waals surface area (Å²) in [6, 6.07) is 19.1. The number of amides is 1. The molecule has 1 amide bonds. The van der Waals surface area contributed by atoms with Crippen molar-refractivity contribution in [2.45, 2.75) is 6.92 Å². The summed E-state index contributed by atoms with van der Waals surface area (Å²) in [5.74, 6) is 0.579. The highest BCUT2D eigenvalue weighted by molar-refractivity contribution is 6.03. The molecule has 0 bridgehead atoms. The summed E-state index contributed by atoms with van der Waals surface area (Å²) in [6.07, 6.45) is 1.65. The van der Waals surface area contributed by atoms with E-state index in [2.05, 4.69) is 10.5 Å². The molecule has 0 unspecified atom stereocenters. The van der Waals surface area contributed by atoms with Crippen molar-refractivity contribution in [2.75, 3.05) is 7.11 Å². The number of benzene rings is 3. The minimum Gasteiger partial charge on any atom is -0.496 e. The molecule has 3 aromatic rings. The van der Waals surface area contributed by atoms with E-state index in [0.29, 0.717) is 5.56 Å². The van der Waals surface area contributed by atoms with Gasteiger partial charge in [0.1, 0.15) is 5.75 Å². The molecular formula is C20H18N2O2. The van der Waals surface area contributed by atoms with Crippen LogP contribution < -0.4 is 10.2 Å². The molecule has 0 heterocycles. The largest absolute Gasteiger partial charge is 0.496 e. The summed E-state index contributed by atoms with van der Waals surface area (Å²) in [5.41, 5.74) is 5.16. The van der Waals surface area contributed by atoms with Crippen LogP contribution in [0.25, 0.3) is 10.8 Å². The number of hydrogen-bond donors (Lipinski definition) is 1. The number of carbonyl (C=O) groups is 1. The molecule has 3 aromatic carbocycles. The SMILES string of the molecule is COc1ccc(/C=N/NC(=O)c2ccc(C)cc2)c2ccccc12. The highest BCUT2D eigenvalue weighted by Crippen LogP contribution is 2.27. The zero-order valence-corrected chi connectivity index (χ0v) is 13.6. The summed E-state index contributed by atoms with van der Waals surface area (Å²) in [4.78, 5) is 12.1. The zero-order chi connectivity index (χ0) is 16.9. The van der Waals surface area contributed by atoms with Gasteiger partial charge in [0.05, 0.1) is 13.3 Å². The molecule has 24 heavy (non-hydrogen) atoms. The second kappa shape index (κ2) is 6.96. The summed E-state index contributed by atoms with van der Waals surface area (Å²) in [7, 11) is 1.65. The van der Waals surface area contributed by atoms with Gasteiger partial charge in [-0.05, 0) is 36.6 Å². The minimum atomic E-state index is -0.232. The first kappa shape index (κ1) is 15.7. The predicted octanol–water partition coefficient (Wildman–Crippen LogP) is 3.92. The van der Waals surface area contributed by atoms with Gasteiger partial charge in [-0.1, -0.05) is 42.0 Å². The zero-order valence-electron chi connectivity index (χ0n) is 13.6. The summed E-state index contributed by atoms with van der Waals surface area (Å²) in [5, 5.41) is 6.11. The van der Waals surface area contributed by atoms with Crippen LogP contribution in [0.3, 0.4) is 0 Å². The van der Waals surface area contributed by atoms with Crippen LogP contribution in [-0.4, -0.2) is 19.2 Å². The number of aryl methyl sites for hydroxylation is 1. The van der Waals surface area contributed by atoms with Gasteiger partial charge in [-0.25, -0.2) is 5.43 Å². The second-order valence-electron chi connectivity index (χ2n) is 5.47. The number of nitrogens with one attached hydrogen (secondary N) is 1. The van der Waals surface area contributed by atoms with Gasteiger partial charge in [0, 0.05) is 16.5 Å². The van der Waals surface area contributed by atoms with Crippen molar-refractivity contribution in [3.05, 3.63) is 77.4 Å². The molecule has 0 spiro atoms. The lowest BCUT2D eigenvalue weighted by Crippen LogP contribution is -2.17. The first-order chi connectivity index (χ1) is 11.7. The van der Waals surface area contributed by atoms with Crippen LogP contribution in [-0.2, 0) is 0 Å². The predicted molar refractivity (Wildman–Crippen MR) is 96.7 cm³/mol. The van der Waals surface area contributed by atoms with Crippen LogP contribution in [0.2, 0.25) is 0 Å². The Kier molecular flexibility index (Phi) is 4.57. The molecule has 0 radical (unpaired) electrons. The molecule has 0 aliphatic heterocycles. The average molecular weight is 318 g/mol. The number of rotatable bonds is 4. The number of carbonyl (C=O) groups excluding carboxylic acids is 1. The van der Waals surface area contributed by atoms with Crippen molar-refractivity contribution in [3.8, 4) is 5.75 Å². The summed E-state index contributed by atoms with van der Waals surface area (Å²) in [6.45, 7) is 1.98. The van der Waals surface area contributed by atoms with E-state index in [9.17, 15) is 4.79 Å². The number of ether oxygens (including phenoxy) is 1. The Morgan fingerprint density at radius 3 is 2.42 bits per heavy atom. The highest BCUT2D eigenvalue weighted by Gasteiger charge is 2.05. The maximum Gasteiger partial charge on any atom is 0.271 e. The van der Waals surface area contributed by atoms with Crippen LogP contribution in [0, 0.1) is 6.92 Å². The fourth-order valence-electron chi connectivity index (χ4n) is 2.52. The molecule has 0 saturated heterocycles. The average Bonchev–Trinajstić information content (AvgIpc) is 2.62. The van der Waals surface area contributed by atoms with Gasteiger partial charge in [0.25, 0.3) is 5.91 Å². The van der Waals surface area contributed by atoms with E-state index in [4.69, 9.17) is 4.74 Å². The maximum atomic E-state index is 12.1. The molecular weight excluding hydrogens is 300 g/mol. The van der Waals surface area contributed by atoms with Crippen molar-refractivity contribution in [3.63, 3.8) is 0 Å². The van der Waals surface area contributed by atoms with E-state index in [1.54, 1.807) is 25.5 Å². The van der Waals surface area contributed by atoms with Crippen LogP contribution in [0.4, 0.5) is 0 Å². The molecule has 4 nitrogen and oxygen atoms in total. The van der Waals surface area contributed by atoms with Crippen LogP contribution >= 0.6 is 0 Å². The highest BCUT2D eigenvalue weighted by atomic mass is 16.5. The monoisotopic (exact) mass is 318 g/mol. The molecule has 3 rings (SSSR count). The van der Waals surface area contributed by atoms with Crippen molar-refractivity contribution < 1.29 is 9.53 Å². The standard InChI is InChI=1S/C20H18N2O2/c1-14-7-9-15(10-8-14)20(23)22-21-13-16-11-12-19(24-2)18-6-4-3-5-17(16)18/h3-13H,1-2H3,(H,22,23)/b21-13+. The molecule has 0 aliphatic rings. The lowest BCUT2D eigenvalue weighted by molar-refractivity contribution is 0.0955. The van der Waals surface area contributed by atoms with E-state index in [1.165, 1.54) is 0 Å². The van der Waals surface area contributed by atoms with Crippen molar-refractivity contribution in [1.29, 1.82) is 0 Å². The molecule has 0 aliphatic carbocycles. The summed E-state index contributed by atoms with van der Waals surface area (Å²) < 4.78 is 5.38. The third kappa shape index (κ3) is 3.27. The van der Waals surface area contributed by atoms with Gasteiger partial charge in [-0.2, -0.15) is 5.10 Å². The molecule has 0 aromatic heterocycles. The van der Waals surface area contributed by atoms with Gasteiger partial charge in [0.15, 0.2) is 0 Å². The molecule has 4 heteroatoms. The van der Waals surface area contributed by atoms with E-state index in [-0.39, 0.29) is 5.91 Å². The van der Waals surface area contributed by atoms with Gasteiger partial charge < -0.3 is 4.74 Å². The minimum absolute atomic E-state index is 0.232. The normalized spacial score (nSPS) is 10.9. The van der Waals surface area contributed by atoms with Gasteiger partial charge in [-0.3, -0.25) is 4.79 Å². The Morgan fingerprint density at radius 2 is 1.71 bits per heavy atom. The molecule has 0 fully saturated rings. The van der Waals surface area contributed by atoms with Gasteiger partial charge >= 0.3 is 0 Å². The topological polar surface area (TPSA) is 50.7 Å². The van der Waals surface area contributed by atoms with Crippen molar-refractivity contribution in [1.82, 2.24) is 5.43 Å². The molecule has 1 N–H and O–H groups in total. The second-order valence-corrected chi connectivity index (χ2v) is 5.47. The number of hydrogen-bond acceptors (Lipinski definition) is 3. The fraction of sp³-hybridized carbons (Fsp3) is 0.100. The smallest absolute Gasteiger partial charge is 0.271 e. The Hall–Kier alpha value is -3.14. The third-order valence-corrected chi connectivity index (χ3v) is 3.82. The lowest BCUT2D eigenvalue weighted by Gasteiger charge is -2.07. The van der Waals surface area contributed by atoms with E-state index in [1.807, 2.05) is 55.5 Å². The third-order valence-electron chi connectivity index (χ3n) is 3.82. The van der Waals surface area contributed by atoms with Crippen LogP contribution in [0.5, 0.6) is 5.75 Å². The Bertz CT molecular complexity index is 899. The Balaban J connectivity index is 1.81. The van der Waals surface area contributed by atoms with Crippen LogP contribution in [0.15, 0.2) is 65.8 Å². The van der Waals surface area contributed by atoms with Gasteiger partial charge in [-0.15, -0.1) is 0 Å². The first-order valence-corrected chi connectivity index (χ1v) is 7.65. The Morgan fingerprint density at radius 1 is 1.00 bits per heavy atom. The van der Waals surface area contributed by atoms with Crippen molar-refractivity contribution >= 4 is 22.9 Å². The van der Waals surface area contributed by atoms with E-state index in [0.717, 1.165) is 27.6 Å². The molecule has 120 valence electrons. The number of fused-ring (bicyclic) bond motifs is 1. The maximum absolute atomic E-state index is 12.1. The number of hydrazone groups is 1. The van der Waals surface area contributed by atoms with E-state index >= 15 is 0 Å². The lowest BCUT2D eigenvalue weighted by atomic mass is 10.0. The van der Waals surface area contributed by atoms with Crippen LogP contribution in [0.1, 0.15) is 21.5 Å². The first-order valence-electron chi connectivity index (χ1n) is 7.65. The van der Waals surface area contributed by atoms with Gasteiger partial charge in [0.2, 0.25) is 0 Å².